The highest BCUT2D eigenvalue weighted by Gasteiger charge is 1.98. The molecule has 2 aromatic rings. The average molecular weight is 210 g/mol. The van der Waals surface area contributed by atoms with E-state index in [1.54, 1.807) is 0 Å². The smallest absolute Gasteiger partial charge is 0.173 e. The van der Waals surface area contributed by atoms with Gasteiger partial charge in [0.15, 0.2) is 18.6 Å². The summed E-state index contributed by atoms with van der Waals surface area (Å²) in [4.78, 5) is 0. The molecule has 1 aromatic heterocycles. The molecule has 0 saturated carbocycles. The maximum Gasteiger partial charge on any atom is 0.177 e. The van der Waals surface area contributed by atoms with Crippen molar-refractivity contribution in [3.8, 4) is 0 Å². The van der Waals surface area contributed by atoms with Crippen molar-refractivity contribution in [2.75, 3.05) is 0 Å². The minimum absolute atomic E-state index is 1.22. The largest absolute Gasteiger partial charge is 0.177 e. The van der Waals surface area contributed by atoms with Gasteiger partial charge in [-0.3, -0.25) is 0 Å². The Morgan fingerprint density at radius 3 is 2.19 bits per heavy atom. The number of benzene rings is 1. The van der Waals surface area contributed by atoms with Crippen molar-refractivity contribution in [3.63, 3.8) is 0 Å². The molecule has 1 aromatic carbocycles. The number of aromatic nitrogens is 1. The van der Waals surface area contributed by atoms with Crippen LogP contribution < -0.4 is 4.57 Å². The number of hydrogen-bond donors (Lipinski definition) is 0. The van der Waals surface area contributed by atoms with Crippen LogP contribution in [0, 0.1) is 13.8 Å². The highest BCUT2D eigenvalue weighted by Crippen LogP contribution is 2.01. The van der Waals surface area contributed by atoms with E-state index in [4.69, 9.17) is 0 Å². The van der Waals surface area contributed by atoms with Crippen LogP contribution in [0.15, 0.2) is 48.8 Å². The lowest BCUT2D eigenvalue weighted by Crippen LogP contribution is -2.25. The van der Waals surface area contributed by atoms with Gasteiger partial charge in [-0.1, -0.05) is 30.3 Å². The number of rotatable bonds is 2. The van der Waals surface area contributed by atoms with Gasteiger partial charge in [0.1, 0.15) is 0 Å². The summed E-state index contributed by atoms with van der Waals surface area (Å²) in [5.74, 6) is 0. The summed E-state index contributed by atoms with van der Waals surface area (Å²) in [6.07, 6.45) is 8.42. The van der Waals surface area contributed by atoms with E-state index in [1.807, 2.05) is 18.2 Å². The van der Waals surface area contributed by atoms with Crippen LogP contribution in [0.5, 0.6) is 0 Å². The molecule has 0 aliphatic carbocycles. The average Bonchev–Trinajstić information content (AvgIpc) is 2.27. The van der Waals surface area contributed by atoms with E-state index in [-0.39, 0.29) is 0 Å². The normalized spacial score (nSPS) is 10.9. The molecular formula is C15H16N+. The molecule has 0 spiro atoms. The lowest BCUT2D eigenvalue weighted by Gasteiger charge is -1.94. The van der Waals surface area contributed by atoms with Gasteiger partial charge in [0.25, 0.3) is 0 Å². The maximum absolute atomic E-state index is 2.17. The molecule has 1 nitrogen and oxygen atoms in total. The van der Waals surface area contributed by atoms with Gasteiger partial charge in [0.05, 0.1) is 0 Å². The van der Waals surface area contributed by atoms with Crippen molar-refractivity contribution in [2.24, 2.45) is 0 Å². The molecule has 0 aliphatic heterocycles. The van der Waals surface area contributed by atoms with Gasteiger partial charge >= 0.3 is 0 Å². The second-order valence-electron chi connectivity index (χ2n) is 4.06. The Kier molecular flexibility index (Phi) is 3.16. The van der Waals surface area contributed by atoms with Gasteiger partial charge in [0, 0.05) is 17.2 Å². The molecule has 0 unspecified atom stereocenters. The Hall–Kier alpha value is -1.89. The molecule has 0 amide bonds. The second-order valence-corrected chi connectivity index (χ2v) is 4.06. The Morgan fingerprint density at radius 2 is 1.56 bits per heavy atom. The van der Waals surface area contributed by atoms with E-state index in [0.717, 1.165) is 0 Å². The summed E-state index contributed by atoms with van der Waals surface area (Å²) in [6, 6.07) is 12.5. The van der Waals surface area contributed by atoms with Crippen LogP contribution in [0.3, 0.4) is 0 Å². The molecule has 2 rings (SSSR count). The zero-order valence-electron chi connectivity index (χ0n) is 9.72. The van der Waals surface area contributed by atoms with Crippen LogP contribution in [0.2, 0.25) is 0 Å². The third-order valence-corrected chi connectivity index (χ3v) is 2.40. The molecule has 1 heteroatoms. The monoisotopic (exact) mass is 210 g/mol. The first-order valence-electron chi connectivity index (χ1n) is 5.46. The summed E-state index contributed by atoms with van der Waals surface area (Å²) >= 11 is 0. The first-order valence-corrected chi connectivity index (χ1v) is 5.46. The predicted octanol–water partition coefficient (Wildman–Crippen LogP) is 3.22. The van der Waals surface area contributed by atoms with Crippen molar-refractivity contribution in [3.05, 3.63) is 65.5 Å². The molecule has 1 heterocycles. The molecule has 0 fully saturated rings. The van der Waals surface area contributed by atoms with Crippen LogP contribution in [-0.4, -0.2) is 0 Å². The molecular weight excluding hydrogens is 194 g/mol. The van der Waals surface area contributed by atoms with Gasteiger partial charge in [0.2, 0.25) is 0 Å². The molecule has 0 bridgehead atoms. The van der Waals surface area contributed by atoms with Crippen LogP contribution in [-0.2, 0) is 0 Å². The third kappa shape index (κ3) is 2.80. The zero-order chi connectivity index (χ0) is 11.4. The maximum atomic E-state index is 2.17. The topological polar surface area (TPSA) is 3.88 Å². The van der Waals surface area contributed by atoms with Crippen LogP contribution in [0.4, 0.5) is 0 Å². The molecule has 0 atom stereocenters. The first kappa shape index (κ1) is 10.6. The third-order valence-electron chi connectivity index (χ3n) is 2.40. The fourth-order valence-electron chi connectivity index (χ4n) is 1.76. The molecule has 16 heavy (non-hydrogen) atoms. The van der Waals surface area contributed by atoms with E-state index in [0.29, 0.717) is 0 Å². The van der Waals surface area contributed by atoms with E-state index in [9.17, 15) is 0 Å². The fraction of sp³-hybridized carbons (Fsp3) is 0.133. The van der Waals surface area contributed by atoms with Crippen LogP contribution >= 0.6 is 0 Å². The van der Waals surface area contributed by atoms with Gasteiger partial charge in [-0.05, 0) is 25.5 Å². The standard InChI is InChI=1S/C15H16N/c1-13-10-14(2)12-16(11-13)9-8-15-6-4-3-5-7-15/h3-12H,1-2H3/q+1/b9-8+. The van der Waals surface area contributed by atoms with Crippen molar-refractivity contribution in [1.82, 2.24) is 0 Å². The summed E-state index contributed by atoms with van der Waals surface area (Å²) in [5.41, 5.74) is 3.77. The Balaban J connectivity index is 2.24. The Labute approximate surface area is 96.7 Å². The number of aryl methyl sites for hydroxylation is 2. The second kappa shape index (κ2) is 4.75. The van der Waals surface area contributed by atoms with Gasteiger partial charge in [-0.25, -0.2) is 0 Å². The number of pyridine rings is 1. The van der Waals surface area contributed by atoms with E-state index in [1.165, 1.54) is 16.7 Å². The summed E-state index contributed by atoms with van der Waals surface area (Å²) in [5, 5.41) is 0. The van der Waals surface area contributed by atoms with E-state index < -0.39 is 0 Å². The van der Waals surface area contributed by atoms with Crippen LogP contribution in [0.25, 0.3) is 12.3 Å². The lowest BCUT2D eigenvalue weighted by atomic mass is 10.2. The lowest BCUT2D eigenvalue weighted by molar-refractivity contribution is -0.568. The summed E-state index contributed by atoms with van der Waals surface area (Å²) in [7, 11) is 0. The Morgan fingerprint density at radius 1 is 0.938 bits per heavy atom. The quantitative estimate of drug-likeness (QED) is 0.670. The fourth-order valence-corrected chi connectivity index (χ4v) is 1.76. The van der Waals surface area contributed by atoms with Gasteiger partial charge in [-0.2, -0.15) is 4.57 Å². The Bertz CT molecular complexity index is 478. The molecule has 0 N–H and O–H groups in total. The number of hydrogen-bond acceptors (Lipinski definition) is 0. The van der Waals surface area contributed by atoms with E-state index >= 15 is 0 Å². The highest BCUT2D eigenvalue weighted by atomic mass is 14.9. The summed E-state index contributed by atoms with van der Waals surface area (Å²) in [6.45, 7) is 4.22. The highest BCUT2D eigenvalue weighted by molar-refractivity contribution is 5.56. The minimum atomic E-state index is 1.22. The van der Waals surface area contributed by atoms with Crippen LogP contribution in [0.1, 0.15) is 16.7 Å². The predicted molar refractivity (Wildman–Crippen MR) is 67.8 cm³/mol. The van der Waals surface area contributed by atoms with Gasteiger partial charge < -0.3 is 0 Å². The van der Waals surface area contributed by atoms with Gasteiger partial charge in [-0.15, -0.1) is 0 Å². The number of nitrogens with zero attached hydrogens (tertiary/aromatic N) is 1. The van der Waals surface area contributed by atoms with Crippen molar-refractivity contribution < 1.29 is 4.57 Å². The SMILES string of the molecule is Cc1cc(C)c[n+](/C=C/c2ccccc2)c1. The zero-order valence-corrected chi connectivity index (χ0v) is 9.72. The molecule has 0 saturated heterocycles. The van der Waals surface area contributed by atoms with Crippen molar-refractivity contribution in [2.45, 2.75) is 13.8 Å². The van der Waals surface area contributed by atoms with Crippen molar-refractivity contribution in [1.29, 1.82) is 0 Å². The van der Waals surface area contributed by atoms with E-state index in [2.05, 4.69) is 61.3 Å². The first-order chi connectivity index (χ1) is 7.74. The van der Waals surface area contributed by atoms with Crippen molar-refractivity contribution >= 4 is 12.3 Å². The molecule has 0 aliphatic rings. The minimum Gasteiger partial charge on any atom is -0.173 e. The summed E-state index contributed by atoms with van der Waals surface area (Å²) < 4.78 is 2.09. The molecule has 80 valence electrons. The molecule has 0 radical (unpaired) electrons.